The molecule has 0 aliphatic rings. The van der Waals surface area contributed by atoms with Gasteiger partial charge in [-0.2, -0.15) is 5.10 Å². The lowest BCUT2D eigenvalue weighted by atomic mass is 10.00. The van der Waals surface area contributed by atoms with Gasteiger partial charge in [-0.05, 0) is 74.5 Å². The van der Waals surface area contributed by atoms with E-state index in [1.807, 2.05) is 37.4 Å². The molecule has 3 heterocycles. The first-order valence-corrected chi connectivity index (χ1v) is 11.9. The monoisotopic (exact) mass is 476 g/mol. The van der Waals surface area contributed by atoms with E-state index < -0.39 is 0 Å². The number of rotatable bonds is 9. The lowest BCUT2D eigenvalue weighted by molar-refractivity contribution is 0.449. The Morgan fingerprint density at radius 3 is 2.69 bits per heavy atom. The first-order valence-electron chi connectivity index (χ1n) is 11.9. The van der Waals surface area contributed by atoms with E-state index in [1.54, 1.807) is 12.4 Å². The molecule has 1 aromatic carbocycles. The zero-order valence-corrected chi connectivity index (χ0v) is 21.3. The fraction of sp³-hybridized carbons (Fsp3) is 0.167. The van der Waals surface area contributed by atoms with Gasteiger partial charge in [0, 0.05) is 29.9 Å². The van der Waals surface area contributed by atoms with E-state index in [1.165, 1.54) is 0 Å². The minimum atomic E-state index is 0.693. The number of nitrogens with one attached hydrogen (secondary N) is 2. The van der Waals surface area contributed by atoms with Crippen molar-refractivity contribution in [3.63, 3.8) is 0 Å². The molecule has 4 aromatic rings. The number of nitrogens with zero attached hydrogens (tertiary/aromatic N) is 4. The quantitative estimate of drug-likeness (QED) is 0.270. The maximum Gasteiger partial charge on any atom is 0.116 e. The van der Waals surface area contributed by atoms with Crippen LogP contribution in [0.15, 0.2) is 91.9 Å². The second-order valence-corrected chi connectivity index (χ2v) is 8.92. The molecule has 0 aliphatic carbocycles. The highest BCUT2D eigenvalue weighted by atomic mass is 15.1. The van der Waals surface area contributed by atoms with E-state index >= 15 is 0 Å². The van der Waals surface area contributed by atoms with Crippen LogP contribution in [0, 0.1) is 6.92 Å². The molecule has 0 spiro atoms. The number of hydrogen-bond acceptors (Lipinski definition) is 5. The molecule has 0 bridgehead atoms. The molecule has 0 fully saturated rings. The maximum absolute atomic E-state index is 4.57. The number of allylic oxidation sites excluding steroid dienone is 3. The number of pyridine rings is 2. The van der Waals surface area contributed by atoms with Crippen LogP contribution in [-0.2, 0) is 0 Å². The highest BCUT2D eigenvalue weighted by molar-refractivity contribution is 5.95. The van der Waals surface area contributed by atoms with Gasteiger partial charge in [-0.25, -0.2) is 0 Å². The summed E-state index contributed by atoms with van der Waals surface area (Å²) in [6.45, 7) is 13.2. The molecule has 0 radical (unpaired) electrons. The summed E-state index contributed by atoms with van der Waals surface area (Å²) in [6, 6.07) is 12.2. The van der Waals surface area contributed by atoms with Gasteiger partial charge in [0.2, 0.25) is 0 Å². The molecule has 0 unspecified atom stereocenters. The van der Waals surface area contributed by atoms with Gasteiger partial charge in [0.25, 0.3) is 0 Å². The maximum atomic E-state index is 4.57. The predicted molar refractivity (Wildman–Crippen MR) is 151 cm³/mol. The Bertz CT molecular complexity index is 1460. The molecule has 0 aliphatic heterocycles. The summed E-state index contributed by atoms with van der Waals surface area (Å²) in [7, 11) is 4.11. The van der Waals surface area contributed by atoms with E-state index in [0.29, 0.717) is 5.70 Å². The first-order chi connectivity index (χ1) is 17.4. The zero-order valence-electron chi connectivity index (χ0n) is 21.3. The van der Waals surface area contributed by atoms with Crippen LogP contribution in [0.5, 0.6) is 0 Å². The van der Waals surface area contributed by atoms with Gasteiger partial charge in [0.15, 0.2) is 0 Å². The Morgan fingerprint density at radius 1 is 1.17 bits per heavy atom. The molecular weight excluding hydrogens is 444 g/mol. The summed E-state index contributed by atoms with van der Waals surface area (Å²) in [5.41, 5.74) is 9.57. The van der Waals surface area contributed by atoms with Crippen LogP contribution in [-0.4, -0.2) is 45.7 Å². The molecular formula is C30H32N6. The van der Waals surface area contributed by atoms with E-state index in [9.17, 15) is 0 Å². The fourth-order valence-corrected chi connectivity index (χ4v) is 4.14. The van der Waals surface area contributed by atoms with Gasteiger partial charge in [-0.1, -0.05) is 43.5 Å². The van der Waals surface area contributed by atoms with Crippen molar-refractivity contribution in [1.29, 1.82) is 0 Å². The molecule has 0 amide bonds. The first kappa shape index (κ1) is 24.8. The number of hydrogen-bond donors (Lipinski definition) is 2. The van der Waals surface area contributed by atoms with Crippen LogP contribution in [0.2, 0.25) is 0 Å². The van der Waals surface area contributed by atoms with E-state index in [2.05, 4.69) is 94.9 Å². The largest absolute Gasteiger partial charge is 0.353 e. The number of fused-ring (bicyclic) bond motifs is 1. The van der Waals surface area contributed by atoms with Crippen LogP contribution in [0.25, 0.3) is 33.4 Å². The topological polar surface area (TPSA) is 69.7 Å². The van der Waals surface area contributed by atoms with Gasteiger partial charge >= 0.3 is 0 Å². The van der Waals surface area contributed by atoms with Crippen LogP contribution in [0.1, 0.15) is 23.7 Å². The number of benzene rings is 1. The number of aromatic amines is 1. The highest BCUT2D eigenvalue weighted by Crippen LogP contribution is 2.30. The Kier molecular flexibility index (Phi) is 7.56. The molecule has 2 N–H and O–H groups in total. The van der Waals surface area contributed by atoms with Crippen molar-refractivity contribution in [1.82, 2.24) is 25.1 Å². The van der Waals surface area contributed by atoms with Crippen molar-refractivity contribution >= 4 is 27.9 Å². The van der Waals surface area contributed by atoms with Crippen molar-refractivity contribution in [3.8, 4) is 11.3 Å². The van der Waals surface area contributed by atoms with Gasteiger partial charge < -0.3 is 10.2 Å². The summed E-state index contributed by atoms with van der Waals surface area (Å²) in [5.74, 6) is 0. The van der Waals surface area contributed by atoms with Gasteiger partial charge in [-0.15, -0.1) is 0 Å². The van der Waals surface area contributed by atoms with E-state index in [0.717, 1.165) is 62.4 Å². The molecule has 36 heavy (non-hydrogen) atoms. The standard InChI is InChI=1S/C30H32N6/c1-7-22(19-36(5)6)15-23(8-2)24-12-13-28-25(16-24)30(35-34-28)21(4)33-29-18-31-17-26(20(29)3)27-11-9-10-14-32-27/h7-18,33H,1,4,19H2,2-3,5-6H3,(H,34,35)/b22-15+,23-8+. The minimum absolute atomic E-state index is 0.693. The predicted octanol–water partition coefficient (Wildman–Crippen LogP) is 6.49. The summed E-state index contributed by atoms with van der Waals surface area (Å²) in [5, 5.41) is 12.1. The molecule has 0 atom stereocenters. The van der Waals surface area contributed by atoms with Crippen molar-refractivity contribution in [3.05, 3.63) is 109 Å². The van der Waals surface area contributed by atoms with Gasteiger partial charge in [0.05, 0.1) is 28.8 Å². The second kappa shape index (κ2) is 11.0. The zero-order chi connectivity index (χ0) is 25.7. The summed E-state index contributed by atoms with van der Waals surface area (Å²) >= 11 is 0. The Hall–Kier alpha value is -4.29. The van der Waals surface area contributed by atoms with Crippen molar-refractivity contribution in [2.75, 3.05) is 26.0 Å². The van der Waals surface area contributed by atoms with E-state index in [-0.39, 0.29) is 0 Å². The average molecular weight is 477 g/mol. The number of H-pyrrole nitrogens is 1. The van der Waals surface area contributed by atoms with Crippen LogP contribution >= 0.6 is 0 Å². The number of likely N-dealkylation sites (N-methyl/N-ethyl adjacent to an activating group) is 1. The Labute approximate surface area is 212 Å². The third-order valence-electron chi connectivity index (χ3n) is 6.04. The molecule has 0 saturated heterocycles. The van der Waals surface area contributed by atoms with Crippen molar-refractivity contribution in [2.45, 2.75) is 13.8 Å². The Morgan fingerprint density at radius 2 is 2.00 bits per heavy atom. The van der Waals surface area contributed by atoms with Crippen LogP contribution in [0.3, 0.4) is 0 Å². The summed E-state index contributed by atoms with van der Waals surface area (Å²) in [4.78, 5) is 11.0. The van der Waals surface area contributed by atoms with E-state index in [4.69, 9.17) is 0 Å². The van der Waals surface area contributed by atoms with Crippen molar-refractivity contribution < 1.29 is 0 Å². The van der Waals surface area contributed by atoms with Crippen LogP contribution < -0.4 is 5.32 Å². The minimum Gasteiger partial charge on any atom is -0.353 e. The lowest BCUT2D eigenvalue weighted by Gasteiger charge is -2.14. The molecule has 6 heteroatoms. The third kappa shape index (κ3) is 5.34. The SMILES string of the molecule is C=C/C(=C\C(=C/C)c1ccc2[nH]nc(C(=C)Nc3cncc(-c4ccccn4)c3C)c2c1)CN(C)C. The molecule has 4 rings (SSSR count). The molecule has 182 valence electrons. The lowest BCUT2D eigenvalue weighted by Crippen LogP contribution is -2.14. The fourth-order valence-electron chi connectivity index (χ4n) is 4.14. The van der Waals surface area contributed by atoms with Crippen LogP contribution in [0.4, 0.5) is 5.69 Å². The van der Waals surface area contributed by atoms with Gasteiger partial charge in [0.1, 0.15) is 5.69 Å². The number of anilines is 1. The smallest absolute Gasteiger partial charge is 0.116 e. The normalized spacial score (nSPS) is 12.2. The average Bonchev–Trinajstić information content (AvgIpc) is 3.31. The Balaban J connectivity index is 1.65. The molecule has 0 saturated carbocycles. The van der Waals surface area contributed by atoms with Crippen molar-refractivity contribution in [2.24, 2.45) is 0 Å². The van der Waals surface area contributed by atoms with Gasteiger partial charge in [-0.3, -0.25) is 15.1 Å². The third-order valence-corrected chi connectivity index (χ3v) is 6.04. The summed E-state index contributed by atoms with van der Waals surface area (Å²) < 4.78 is 0. The summed E-state index contributed by atoms with van der Waals surface area (Å²) in [6.07, 6.45) is 11.6. The second-order valence-electron chi connectivity index (χ2n) is 8.92. The number of aromatic nitrogens is 4. The molecule has 3 aromatic heterocycles. The molecule has 6 nitrogen and oxygen atoms in total. The highest BCUT2D eigenvalue weighted by Gasteiger charge is 2.14.